The van der Waals surface area contributed by atoms with E-state index in [2.05, 4.69) is 65.5 Å². The monoisotopic (exact) mass is 748 g/mol. The first-order valence-electron chi connectivity index (χ1n) is 9.38. The first kappa shape index (κ1) is 52.2. The van der Waals surface area contributed by atoms with E-state index in [9.17, 15) is 0 Å². The summed E-state index contributed by atoms with van der Waals surface area (Å²) in [5.41, 5.74) is 0. The maximum atomic E-state index is 8.50. The van der Waals surface area contributed by atoms with Crippen LogP contribution in [0.15, 0.2) is 0 Å². The van der Waals surface area contributed by atoms with E-state index in [1.54, 1.807) is 0 Å². The van der Waals surface area contributed by atoms with E-state index in [4.69, 9.17) is 59.5 Å². The summed E-state index contributed by atoms with van der Waals surface area (Å²) >= 11 is -2.00. The first-order chi connectivity index (χ1) is 14.9. The van der Waals surface area contributed by atoms with Gasteiger partial charge in [-0.2, -0.15) is 0 Å². The Morgan fingerprint density at radius 3 is 0.971 bits per heavy atom. The molecule has 0 rings (SSSR count). The van der Waals surface area contributed by atoms with Crippen LogP contribution in [0.5, 0.6) is 0 Å². The Bertz CT molecular complexity index is 504. The molecule has 1 unspecified atom stereocenters. The summed E-state index contributed by atoms with van der Waals surface area (Å²) in [7, 11) is -5.89. The molecule has 218 valence electrons. The Morgan fingerprint density at radius 2 is 0.886 bits per heavy atom. The predicted molar refractivity (Wildman–Crippen MR) is 137 cm³/mol. The van der Waals surface area contributed by atoms with Crippen molar-refractivity contribution in [1.29, 1.82) is 0 Å². The molecule has 0 fully saturated rings. The average Bonchev–Trinajstić information content (AvgIpc) is 2.50. The molecule has 0 radical (unpaired) electrons. The normalized spacial score (nSPS) is 10.7. The number of nitrogens with zero attached hydrogens (tertiary/aromatic N) is 2. The summed E-state index contributed by atoms with van der Waals surface area (Å²) in [5.74, 6) is 0. The molecule has 4 N–H and O–H groups in total. The summed E-state index contributed by atoms with van der Waals surface area (Å²) in [6.07, 6.45) is 0. The fraction of sp³-hybridized carbons (Fsp3) is 1.00. The summed E-state index contributed by atoms with van der Waals surface area (Å²) < 4.78 is 35.7. The van der Waals surface area contributed by atoms with Crippen molar-refractivity contribution in [3.63, 3.8) is 0 Å². The second-order valence-corrected chi connectivity index (χ2v) is 29.3. The topological polar surface area (TPSA) is 229 Å². The van der Waals surface area contributed by atoms with Gasteiger partial charge in [-0.05, 0) is 72.1 Å². The van der Waals surface area contributed by atoms with Gasteiger partial charge < -0.3 is 32.7 Å². The number of hydrogen-bond donors (Lipinski definition) is 4. The van der Waals surface area contributed by atoms with Crippen LogP contribution in [0, 0.1) is 20.2 Å². The van der Waals surface area contributed by atoms with E-state index in [0.717, 1.165) is 15.2 Å². The van der Waals surface area contributed by atoms with Gasteiger partial charge in [0.2, 0.25) is 0 Å². The minimum Gasteiger partial charge on any atom is 0 e. The second kappa shape index (κ2) is 29.3. The van der Waals surface area contributed by atoms with Crippen molar-refractivity contribution < 1.29 is 89.0 Å². The van der Waals surface area contributed by atoms with Gasteiger partial charge in [0.1, 0.15) is 0 Å². The van der Waals surface area contributed by atoms with Crippen LogP contribution in [0.25, 0.3) is 0 Å². The van der Waals surface area contributed by atoms with Crippen LogP contribution in [-0.4, -0.2) is 87.5 Å². The third-order valence-corrected chi connectivity index (χ3v) is 15.8. The third-order valence-electron chi connectivity index (χ3n) is 1.75. The molecule has 35 heavy (non-hydrogen) atoms. The van der Waals surface area contributed by atoms with E-state index >= 15 is 0 Å². The molecule has 0 aliphatic carbocycles. The molecule has 15 nitrogen and oxygen atoms in total. The van der Waals surface area contributed by atoms with Crippen LogP contribution in [-0.2, 0) is 58.5 Å². The van der Waals surface area contributed by atoms with Gasteiger partial charge in [-0.15, -0.1) is 28.4 Å². The zero-order valence-corrected chi connectivity index (χ0v) is 31.9. The summed E-state index contributed by atoms with van der Waals surface area (Å²) in [5, 5.41) is 34.3. The zero-order valence-electron chi connectivity index (χ0n) is 22.4. The molecule has 0 spiro atoms. The van der Waals surface area contributed by atoms with E-state index in [1.165, 1.54) is 0 Å². The molecule has 0 saturated heterocycles. The molecule has 0 aromatic heterocycles. The molecule has 0 aliphatic rings. The van der Waals surface area contributed by atoms with E-state index in [1.807, 2.05) is 6.66 Å². The molecule has 0 saturated carbocycles. The number of aliphatic hydroxyl groups excluding tert-OH is 1. The van der Waals surface area contributed by atoms with Crippen LogP contribution in [0.1, 0.15) is 0 Å². The SMILES string of the molecule is CO.CP[SiH2]O.C[Si](C)(C)O[Si](C)(C)O[Si](C)(C)O[Si](C)(C)C.O=[N+]([O-])O.O=[N+]([O-])O.[O]=[Ti]=[O].[Pd]. The van der Waals surface area contributed by atoms with Gasteiger partial charge in [0.25, 0.3) is 10.2 Å². The Labute approximate surface area is 238 Å². The summed E-state index contributed by atoms with van der Waals surface area (Å²) in [4.78, 5) is 24.7. The number of rotatable bonds is 7. The molecule has 0 amide bonds. The number of hydrogen-bond acceptors (Lipinski definition) is 11. The number of aliphatic hydroxyl groups is 1. The largest absolute Gasteiger partial charge is 0 e. The van der Waals surface area contributed by atoms with Gasteiger partial charge in [-0.25, -0.2) is 0 Å². The van der Waals surface area contributed by atoms with Crippen molar-refractivity contribution >= 4 is 51.3 Å². The van der Waals surface area contributed by atoms with Gasteiger partial charge in [-0.3, -0.25) is 0 Å². The molecule has 0 aliphatic heterocycles. The van der Waals surface area contributed by atoms with Gasteiger partial charge in [-0.1, -0.05) is 0 Å². The predicted octanol–water partition coefficient (Wildman–Crippen LogP) is 2.07. The zero-order chi connectivity index (χ0) is 29.4. The van der Waals surface area contributed by atoms with Crippen LogP contribution in [0.4, 0.5) is 0 Å². The van der Waals surface area contributed by atoms with Crippen molar-refractivity contribution in [1.82, 2.24) is 0 Å². The van der Waals surface area contributed by atoms with E-state index < -0.39 is 72.5 Å². The fourth-order valence-corrected chi connectivity index (χ4v) is 19.7. The minimum absolute atomic E-state index is 0. The second-order valence-electron chi connectivity index (χ2n) is 8.40. The smallest absolute Gasteiger partial charge is 0 e. The van der Waals surface area contributed by atoms with Crippen molar-refractivity contribution in [2.45, 2.75) is 65.5 Å². The molecule has 0 aromatic carbocycles. The molecule has 0 heterocycles. The van der Waals surface area contributed by atoms with E-state index in [-0.39, 0.29) is 20.4 Å². The minimum atomic E-state index is -2.05. The molecule has 1 atom stereocenters. The first-order valence-corrected chi connectivity index (χ1v) is 27.6. The maximum absolute atomic E-state index is 8.50. The van der Waals surface area contributed by atoms with Crippen molar-refractivity contribution in [2.24, 2.45) is 0 Å². The summed E-state index contributed by atoms with van der Waals surface area (Å²) in [6, 6.07) is 0. The Balaban J connectivity index is -0.0000000712. The molecular formula is C12H43N2O13PPdSi5Ti. The summed E-state index contributed by atoms with van der Waals surface area (Å²) in [6.45, 7) is 23.8. The van der Waals surface area contributed by atoms with Gasteiger partial charge >= 0.3 is 42.9 Å². The van der Waals surface area contributed by atoms with Crippen molar-refractivity contribution in [3.8, 4) is 0 Å². The fourth-order valence-electron chi connectivity index (χ4n) is 2.11. The van der Waals surface area contributed by atoms with Crippen molar-refractivity contribution in [2.75, 3.05) is 13.8 Å². The average molecular weight is 749 g/mol. The molecule has 0 aromatic rings. The Morgan fingerprint density at radius 1 is 0.743 bits per heavy atom. The van der Waals surface area contributed by atoms with Gasteiger partial charge in [0.05, 0.1) is 0 Å². The van der Waals surface area contributed by atoms with E-state index in [0.29, 0.717) is 0 Å². The van der Waals surface area contributed by atoms with Gasteiger partial charge in [0, 0.05) is 27.5 Å². The third kappa shape index (κ3) is 95.6. The van der Waals surface area contributed by atoms with Crippen LogP contribution >= 0.6 is 8.13 Å². The molecular weight excluding hydrogens is 706 g/mol. The molecule has 0 bridgehead atoms. The van der Waals surface area contributed by atoms with Gasteiger partial charge in [0.15, 0.2) is 26.1 Å². The van der Waals surface area contributed by atoms with Crippen LogP contribution in [0.3, 0.4) is 0 Å². The Kier molecular flexibility index (Phi) is 43.6. The molecule has 23 heteroatoms. The van der Waals surface area contributed by atoms with Crippen molar-refractivity contribution in [3.05, 3.63) is 20.2 Å². The quantitative estimate of drug-likeness (QED) is 0.127. The van der Waals surface area contributed by atoms with Crippen LogP contribution in [0.2, 0.25) is 65.5 Å². The standard InChI is InChI=1S/C10H30O3Si4.CH7OPSi.CH4O.2HNO3.2O.Pd.Ti/c1-14(2,3)11-16(7,8)13-17(9,10)12-15(4,5)6;1-3-4-2;1-2;2*2-1(3)4;;;;/h1-10H3;2-3H,4H2,1H3;2H,1H3;2*(H,2,3,4);;;;. The maximum Gasteiger partial charge on any atom is 0 e. The van der Waals surface area contributed by atoms with Crippen LogP contribution < -0.4 is 0 Å². The Hall–Kier alpha value is 0.691.